The molecule has 4 nitrogen and oxygen atoms in total. The molecule has 1 aromatic heterocycles. The second-order valence-corrected chi connectivity index (χ2v) is 7.49. The molecule has 0 aliphatic carbocycles. The van der Waals surface area contributed by atoms with Gasteiger partial charge < -0.3 is 4.42 Å². The Hall–Kier alpha value is -0.520. The molecule has 2 heterocycles. The van der Waals surface area contributed by atoms with E-state index in [0.717, 1.165) is 12.8 Å². The van der Waals surface area contributed by atoms with Crippen molar-refractivity contribution in [1.82, 2.24) is 4.31 Å². The Balaban J connectivity index is 2.34. The SMILES string of the molecule is Cc1oc(CCl)cc1S(=O)(=O)N1CCC(C)CC1C. The van der Waals surface area contributed by atoms with E-state index in [9.17, 15) is 8.42 Å². The van der Waals surface area contributed by atoms with Crippen LogP contribution in [0, 0.1) is 12.8 Å². The minimum absolute atomic E-state index is 0.0301. The molecule has 1 fully saturated rings. The highest BCUT2D eigenvalue weighted by molar-refractivity contribution is 7.89. The second kappa shape index (κ2) is 5.46. The van der Waals surface area contributed by atoms with Crippen LogP contribution in [-0.4, -0.2) is 25.3 Å². The number of hydrogen-bond donors (Lipinski definition) is 0. The topological polar surface area (TPSA) is 50.5 Å². The lowest BCUT2D eigenvalue weighted by Gasteiger charge is -2.35. The Labute approximate surface area is 119 Å². The molecule has 108 valence electrons. The highest BCUT2D eigenvalue weighted by Gasteiger charge is 2.35. The summed E-state index contributed by atoms with van der Waals surface area (Å²) in [5, 5.41) is 0. The minimum Gasteiger partial charge on any atom is -0.464 e. The zero-order valence-corrected chi connectivity index (χ0v) is 13.1. The number of aryl methyl sites for hydroxylation is 1. The van der Waals surface area contributed by atoms with Crippen molar-refractivity contribution in [1.29, 1.82) is 0 Å². The van der Waals surface area contributed by atoms with E-state index in [0.29, 0.717) is 24.0 Å². The maximum Gasteiger partial charge on any atom is 0.246 e. The molecular weight excluding hydrogens is 286 g/mol. The van der Waals surface area contributed by atoms with Crippen LogP contribution in [0.4, 0.5) is 0 Å². The summed E-state index contributed by atoms with van der Waals surface area (Å²) in [7, 11) is -3.47. The van der Waals surface area contributed by atoms with Crippen LogP contribution in [0.2, 0.25) is 0 Å². The van der Waals surface area contributed by atoms with Gasteiger partial charge in [0, 0.05) is 18.7 Å². The smallest absolute Gasteiger partial charge is 0.246 e. The number of halogens is 1. The van der Waals surface area contributed by atoms with Gasteiger partial charge in [0.05, 0.1) is 5.88 Å². The molecule has 0 amide bonds. The van der Waals surface area contributed by atoms with Crippen molar-refractivity contribution in [3.63, 3.8) is 0 Å². The Morgan fingerprint density at radius 3 is 2.68 bits per heavy atom. The van der Waals surface area contributed by atoms with Crippen molar-refractivity contribution < 1.29 is 12.8 Å². The standard InChI is InChI=1S/C13H20ClNO3S/c1-9-4-5-15(10(2)6-9)19(16,17)13-7-12(8-14)18-11(13)3/h7,9-10H,4-6,8H2,1-3H3. The molecule has 1 aliphatic heterocycles. The molecule has 0 saturated carbocycles. The van der Waals surface area contributed by atoms with E-state index in [-0.39, 0.29) is 16.8 Å². The third-order valence-electron chi connectivity index (χ3n) is 3.72. The lowest BCUT2D eigenvalue weighted by atomic mass is 9.95. The van der Waals surface area contributed by atoms with Crippen LogP contribution in [-0.2, 0) is 15.9 Å². The van der Waals surface area contributed by atoms with Gasteiger partial charge in [-0.15, -0.1) is 11.6 Å². The zero-order valence-electron chi connectivity index (χ0n) is 11.5. The predicted octanol–water partition coefficient (Wildman–Crippen LogP) is 3.14. The summed E-state index contributed by atoms with van der Waals surface area (Å²) in [4.78, 5) is 0.254. The van der Waals surface area contributed by atoms with E-state index < -0.39 is 10.0 Å². The first-order valence-electron chi connectivity index (χ1n) is 6.53. The predicted molar refractivity (Wildman–Crippen MR) is 74.8 cm³/mol. The van der Waals surface area contributed by atoms with Crippen LogP contribution in [0.5, 0.6) is 0 Å². The summed E-state index contributed by atoms with van der Waals surface area (Å²) >= 11 is 5.69. The molecule has 1 aliphatic rings. The van der Waals surface area contributed by atoms with Crippen LogP contribution in [0.25, 0.3) is 0 Å². The molecule has 0 radical (unpaired) electrons. The number of piperidine rings is 1. The molecular formula is C13H20ClNO3S. The van der Waals surface area contributed by atoms with Gasteiger partial charge >= 0.3 is 0 Å². The molecule has 2 unspecified atom stereocenters. The van der Waals surface area contributed by atoms with Crippen LogP contribution >= 0.6 is 11.6 Å². The van der Waals surface area contributed by atoms with Gasteiger partial charge in [-0.1, -0.05) is 6.92 Å². The number of hydrogen-bond acceptors (Lipinski definition) is 3. The molecule has 6 heteroatoms. The maximum absolute atomic E-state index is 12.7. The monoisotopic (exact) mass is 305 g/mol. The number of furan rings is 1. The van der Waals surface area contributed by atoms with Crippen molar-refractivity contribution in [2.24, 2.45) is 5.92 Å². The minimum atomic E-state index is -3.47. The molecule has 0 bridgehead atoms. The van der Waals surface area contributed by atoms with Crippen molar-refractivity contribution in [2.75, 3.05) is 6.54 Å². The number of sulfonamides is 1. The Morgan fingerprint density at radius 2 is 2.16 bits per heavy atom. The zero-order chi connectivity index (χ0) is 14.2. The maximum atomic E-state index is 12.7. The van der Waals surface area contributed by atoms with Crippen molar-refractivity contribution >= 4 is 21.6 Å². The van der Waals surface area contributed by atoms with Gasteiger partial charge in [-0.2, -0.15) is 4.31 Å². The summed E-state index contributed by atoms with van der Waals surface area (Å²) in [6.07, 6.45) is 1.81. The Bertz CT molecular complexity index is 552. The normalized spacial score (nSPS) is 25.7. The average molecular weight is 306 g/mol. The lowest BCUT2D eigenvalue weighted by molar-refractivity contribution is 0.220. The number of alkyl halides is 1. The van der Waals surface area contributed by atoms with Crippen molar-refractivity contribution in [3.05, 3.63) is 17.6 Å². The first kappa shape index (κ1) is 14.9. The fraction of sp³-hybridized carbons (Fsp3) is 0.692. The third-order valence-corrected chi connectivity index (χ3v) is 6.10. The quantitative estimate of drug-likeness (QED) is 0.806. The van der Waals surface area contributed by atoms with Crippen LogP contribution in [0.3, 0.4) is 0 Å². The van der Waals surface area contributed by atoms with E-state index >= 15 is 0 Å². The van der Waals surface area contributed by atoms with Gasteiger partial charge in [-0.25, -0.2) is 8.42 Å². The number of nitrogens with zero attached hydrogens (tertiary/aromatic N) is 1. The molecule has 1 aromatic rings. The Kier molecular flexibility index (Phi) is 4.28. The molecule has 2 atom stereocenters. The van der Waals surface area contributed by atoms with Crippen molar-refractivity contribution in [2.45, 2.75) is 50.4 Å². The van der Waals surface area contributed by atoms with E-state index in [4.69, 9.17) is 16.0 Å². The van der Waals surface area contributed by atoms with E-state index in [1.165, 1.54) is 0 Å². The molecule has 19 heavy (non-hydrogen) atoms. The molecule has 0 aromatic carbocycles. The summed E-state index contributed by atoms with van der Waals surface area (Å²) < 4.78 is 32.3. The largest absolute Gasteiger partial charge is 0.464 e. The van der Waals surface area contributed by atoms with Gasteiger partial charge in [-0.05, 0) is 32.6 Å². The molecule has 0 spiro atoms. The fourth-order valence-corrected chi connectivity index (χ4v) is 4.69. The van der Waals surface area contributed by atoms with E-state index in [1.807, 2.05) is 6.92 Å². The lowest BCUT2D eigenvalue weighted by Crippen LogP contribution is -2.44. The van der Waals surface area contributed by atoms with Gasteiger partial charge in [0.15, 0.2) is 0 Å². The van der Waals surface area contributed by atoms with E-state index in [1.54, 1.807) is 17.3 Å². The summed E-state index contributed by atoms with van der Waals surface area (Å²) in [5.41, 5.74) is 0. The second-order valence-electron chi connectivity index (χ2n) is 5.36. The summed E-state index contributed by atoms with van der Waals surface area (Å²) in [6.45, 7) is 6.37. The van der Waals surface area contributed by atoms with Gasteiger partial charge in [0.2, 0.25) is 10.0 Å². The fourth-order valence-electron chi connectivity index (χ4n) is 2.72. The first-order chi connectivity index (χ1) is 8.86. The highest BCUT2D eigenvalue weighted by Crippen LogP contribution is 2.31. The third kappa shape index (κ3) is 2.83. The van der Waals surface area contributed by atoms with Crippen LogP contribution < -0.4 is 0 Å². The number of rotatable bonds is 3. The van der Waals surface area contributed by atoms with Gasteiger partial charge in [-0.3, -0.25) is 0 Å². The van der Waals surface area contributed by atoms with Crippen LogP contribution in [0.1, 0.15) is 38.2 Å². The molecule has 0 N–H and O–H groups in total. The van der Waals surface area contributed by atoms with Gasteiger partial charge in [0.1, 0.15) is 16.4 Å². The van der Waals surface area contributed by atoms with E-state index in [2.05, 4.69) is 6.92 Å². The summed E-state index contributed by atoms with van der Waals surface area (Å²) in [6, 6.07) is 1.57. The first-order valence-corrected chi connectivity index (χ1v) is 8.50. The highest BCUT2D eigenvalue weighted by atomic mass is 35.5. The average Bonchev–Trinajstić information content (AvgIpc) is 2.70. The van der Waals surface area contributed by atoms with Crippen LogP contribution in [0.15, 0.2) is 15.4 Å². The van der Waals surface area contributed by atoms with Crippen molar-refractivity contribution in [3.8, 4) is 0 Å². The molecule has 1 saturated heterocycles. The summed E-state index contributed by atoms with van der Waals surface area (Å²) in [5.74, 6) is 1.67. The van der Waals surface area contributed by atoms with Gasteiger partial charge in [0.25, 0.3) is 0 Å². The molecule has 2 rings (SSSR count). The Morgan fingerprint density at radius 1 is 1.47 bits per heavy atom.